The van der Waals surface area contributed by atoms with Crippen molar-refractivity contribution in [2.75, 3.05) is 18.1 Å². The zero-order chi connectivity index (χ0) is 13.1. The van der Waals surface area contributed by atoms with Gasteiger partial charge in [0.05, 0.1) is 5.54 Å². The lowest BCUT2D eigenvalue weighted by Crippen LogP contribution is -2.52. The van der Waals surface area contributed by atoms with E-state index in [0.29, 0.717) is 13.0 Å². The number of hydrogen-bond acceptors (Lipinski definition) is 3. The second-order valence-corrected chi connectivity index (χ2v) is 5.68. The summed E-state index contributed by atoms with van der Waals surface area (Å²) in [6.07, 6.45) is 4.86. The molecule has 0 rings (SSSR count). The van der Waals surface area contributed by atoms with Crippen molar-refractivity contribution >= 4 is 30.1 Å². The molecule has 0 atom stereocenters. The molecule has 0 saturated heterocycles. The summed E-state index contributed by atoms with van der Waals surface area (Å²) in [7, 11) is 0. The number of thioether (sulfide) groups is 1. The number of rotatable bonds is 10. The third-order valence-corrected chi connectivity index (χ3v) is 4.33. The molecule has 0 saturated carbocycles. The molecule has 0 aliphatic carbocycles. The molecule has 0 fully saturated rings. The fourth-order valence-electron chi connectivity index (χ4n) is 1.64. The minimum atomic E-state index is -0.189. The van der Waals surface area contributed by atoms with Gasteiger partial charge in [0.15, 0.2) is 0 Å². The molecule has 3 nitrogen and oxygen atoms in total. The van der Waals surface area contributed by atoms with Crippen LogP contribution in [0.4, 0.5) is 0 Å². The SMILES string of the molecule is CCCCSCCC(=O)NC(CC)(CC)CN.Cl. The highest BCUT2D eigenvalue weighted by atomic mass is 35.5. The van der Waals surface area contributed by atoms with Crippen molar-refractivity contribution in [2.45, 2.75) is 58.4 Å². The van der Waals surface area contributed by atoms with E-state index in [1.807, 2.05) is 11.8 Å². The minimum Gasteiger partial charge on any atom is -0.349 e. The highest BCUT2D eigenvalue weighted by Crippen LogP contribution is 2.14. The molecular weight excluding hydrogens is 268 g/mol. The molecular formula is C13H29ClN2OS. The largest absolute Gasteiger partial charge is 0.349 e. The van der Waals surface area contributed by atoms with Crippen LogP contribution in [0, 0.1) is 0 Å². The Morgan fingerprint density at radius 1 is 1.22 bits per heavy atom. The van der Waals surface area contributed by atoms with Crippen LogP contribution in [0.1, 0.15) is 52.9 Å². The van der Waals surface area contributed by atoms with Crippen molar-refractivity contribution in [3.63, 3.8) is 0 Å². The van der Waals surface area contributed by atoms with Gasteiger partial charge >= 0.3 is 0 Å². The normalized spacial score (nSPS) is 10.9. The average Bonchev–Trinajstić information content (AvgIpc) is 2.36. The number of amides is 1. The molecule has 1 amide bonds. The number of nitrogens with one attached hydrogen (secondary N) is 1. The summed E-state index contributed by atoms with van der Waals surface area (Å²) in [6, 6.07) is 0. The molecule has 0 aromatic rings. The van der Waals surface area contributed by atoms with Gasteiger partial charge in [0.25, 0.3) is 0 Å². The third kappa shape index (κ3) is 8.22. The van der Waals surface area contributed by atoms with E-state index in [-0.39, 0.29) is 23.9 Å². The number of carbonyl (C=O) groups is 1. The van der Waals surface area contributed by atoms with Gasteiger partial charge in [0, 0.05) is 18.7 Å². The Morgan fingerprint density at radius 2 is 1.83 bits per heavy atom. The van der Waals surface area contributed by atoms with Crippen LogP contribution in [-0.2, 0) is 4.79 Å². The van der Waals surface area contributed by atoms with Gasteiger partial charge in [-0.2, -0.15) is 11.8 Å². The number of halogens is 1. The Bertz CT molecular complexity index is 203. The van der Waals surface area contributed by atoms with E-state index in [4.69, 9.17) is 5.73 Å². The molecule has 0 aliphatic rings. The molecule has 110 valence electrons. The summed E-state index contributed by atoms with van der Waals surface area (Å²) in [6.45, 7) is 6.86. The number of carbonyl (C=O) groups excluding carboxylic acids is 1. The van der Waals surface area contributed by atoms with E-state index in [1.54, 1.807) is 0 Å². The van der Waals surface area contributed by atoms with Gasteiger partial charge in [-0.3, -0.25) is 4.79 Å². The standard InChI is InChI=1S/C13H28N2OS.ClH/c1-4-7-9-17-10-8-12(16)15-13(5-2,6-3)11-14;/h4-11,14H2,1-3H3,(H,15,16);1H. The summed E-state index contributed by atoms with van der Waals surface area (Å²) < 4.78 is 0. The van der Waals surface area contributed by atoms with Crippen molar-refractivity contribution in [3.8, 4) is 0 Å². The predicted octanol–water partition coefficient (Wildman–Crippen LogP) is 2.97. The molecule has 0 aliphatic heterocycles. The number of nitrogens with two attached hydrogens (primary N) is 1. The van der Waals surface area contributed by atoms with Crippen molar-refractivity contribution in [3.05, 3.63) is 0 Å². The van der Waals surface area contributed by atoms with E-state index < -0.39 is 0 Å². The molecule has 0 heterocycles. The molecule has 0 spiro atoms. The molecule has 0 bridgehead atoms. The van der Waals surface area contributed by atoms with Crippen molar-refractivity contribution < 1.29 is 4.79 Å². The van der Waals surface area contributed by atoms with Crippen LogP contribution >= 0.6 is 24.2 Å². The highest BCUT2D eigenvalue weighted by molar-refractivity contribution is 7.99. The molecule has 0 aromatic carbocycles. The zero-order valence-electron chi connectivity index (χ0n) is 12.0. The van der Waals surface area contributed by atoms with Gasteiger partial charge in [0.2, 0.25) is 5.91 Å². The van der Waals surface area contributed by atoms with Crippen LogP contribution in [-0.4, -0.2) is 29.5 Å². The van der Waals surface area contributed by atoms with Gasteiger partial charge in [-0.15, -0.1) is 12.4 Å². The molecule has 5 heteroatoms. The lowest BCUT2D eigenvalue weighted by molar-refractivity contribution is -0.122. The second kappa shape index (κ2) is 12.1. The first-order chi connectivity index (χ1) is 8.14. The maximum atomic E-state index is 11.8. The van der Waals surface area contributed by atoms with Crippen molar-refractivity contribution in [1.29, 1.82) is 0 Å². The second-order valence-electron chi connectivity index (χ2n) is 4.46. The van der Waals surface area contributed by atoms with Crippen molar-refractivity contribution in [1.82, 2.24) is 5.32 Å². The summed E-state index contributed by atoms with van der Waals surface area (Å²) >= 11 is 1.86. The fourth-order valence-corrected chi connectivity index (χ4v) is 2.66. The summed E-state index contributed by atoms with van der Waals surface area (Å²) in [5, 5.41) is 3.09. The summed E-state index contributed by atoms with van der Waals surface area (Å²) in [5.41, 5.74) is 5.56. The third-order valence-electron chi connectivity index (χ3n) is 3.26. The van der Waals surface area contributed by atoms with Crippen molar-refractivity contribution in [2.24, 2.45) is 5.73 Å². The molecule has 0 unspecified atom stereocenters. The highest BCUT2D eigenvalue weighted by Gasteiger charge is 2.25. The molecule has 0 aromatic heterocycles. The lowest BCUT2D eigenvalue weighted by atomic mass is 9.93. The lowest BCUT2D eigenvalue weighted by Gasteiger charge is -2.31. The minimum absolute atomic E-state index is 0. The Kier molecular flexibility index (Phi) is 13.7. The van der Waals surface area contributed by atoms with Crippen LogP contribution in [0.25, 0.3) is 0 Å². The maximum Gasteiger partial charge on any atom is 0.221 e. The Labute approximate surface area is 122 Å². The topological polar surface area (TPSA) is 55.1 Å². The van der Waals surface area contributed by atoms with E-state index in [2.05, 4.69) is 26.1 Å². The van der Waals surface area contributed by atoms with Gasteiger partial charge in [0.1, 0.15) is 0 Å². The van der Waals surface area contributed by atoms with E-state index in [0.717, 1.165) is 24.3 Å². The molecule has 3 N–H and O–H groups in total. The first-order valence-electron chi connectivity index (χ1n) is 6.73. The Morgan fingerprint density at radius 3 is 2.28 bits per heavy atom. The summed E-state index contributed by atoms with van der Waals surface area (Å²) in [4.78, 5) is 11.8. The van der Waals surface area contributed by atoms with E-state index >= 15 is 0 Å². The van der Waals surface area contributed by atoms with Gasteiger partial charge in [-0.05, 0) is 25.0 Å². The average molecular weight is 297 g/mol. The van der Waals surface area contributed by atoms with E-state index in [1.165, 1.54) is 12.8 Å². The van der Waals surface area contributed by atoms with E-state index in [9.17, 15) is 4.79 Å². The first-order valence-corrected chi connectivity index (χ1v) is 7.88. The van der Waals surface area contributed by atoms with Crippen LogP contribution in [0.15, 0.2) is 0 Å². The zero-order valence-corrected chi connectivity index (χ0v) is 13.6. The number of hydrogen-bond donors (Lipinski definition) is 2. The van der Waals surface area contributed by atoms with Gasteiger partial charge < -0.3 is 11.1 Å². The summed E-state index contributed by atoms with van der Waals surface area (Å²) in [5.74, 6) is 2.22. The Balaban J connectivity index is 0. The quantitative estimate of drug-likeness (QED) is 0.609. The predicted molar refractivity (Wildman–Crippen MR) is 84.6 cm³/mol. The fraction of sp³-hybridized carbons (Fsp3) is 0.923. The molecule has 18 heavy (non-hydrogen) atoms. The van der Waals surface area contributed by atoms with Crippen LogP contribution in [0.2, 0.25) is 0 Å². The van der Waals surface area contributed by atoms with Crippen LogP contribution in [0.5, 0.6) is 0 Å². The van der Waals surface area contributed by atoms with Gasteiger partial charge in [-0.1, -0.05) is 27.2 Å². The smallest absolute Gasteiger partial charge is 0.221 e. The van der Waals surface area contributed by atoms with Crippen LogP contribution in [0.3, 0.4) is 0 Å². The number of unbranched alkanes of at least 4 members (excludes halogenated alkanes) is 1. The monoisotopic (exact) mass is 296 g/mol. The van der Waals surface area contributed by atoms with Gasteiger partial charge in [-0.25, -0.2) is 0 Å². The Hall–Kier alpha value is 0.0700. The van der Waals surface area contributed by atoms with Crippen LogP contribution < -0.4 is 11.1 Å². The maximum absolute atomic E-state index is 11.8. The molecule has 0 radical (unpaired) electrons. The first kappa shape index (κ1) is 20.4.